The van der Waals surface area contributed by atoms with Gasteiger partial charge < -0.3 is 29.9 Å². The quantitative estimate of drug-likeness (QED) is 0.397. The van der Waals surface area contributed by atoms with Crippen molar-refractivity contribution < 1.29 is 29.9 Å². The molecule has 1 saturated heterocycles. The Labute approximate surface area is 75.3 Å². The molecule has 0 radical (unpaired) electrons. The highest BCUT2D eigenvalue weighted by molar-refractivity contribution is 4.83. The lowest BCUT2D eigenvalue weighted by Gasteiger charge is -2.43. The van der Waals surface area contributed by atoms with Crippen molar-refractivity contribution in [2.24, 2.45) is 0 Å². The van der Waals surface area contributed by atoms with Gasteiger partial charge in [0, 0.05) is 0 Å². The van der Waals surface area contributed by atoms with Gasteiger partial charge in [-0.05, 0) is 6.92 Å². The van der Waals surface area contributed by atoms with Crippen molar-refractivity contribution in [3.63, 3.8) is 0 Å². The van der Waals surface area contributed by atoms with Crippen LogP contribution in [0.3, 0.4) is 0 Å². The molecule has 6 heteroatoms. The van der Waals surface area contributed by atoms with Crippen LogP contribution in [-0.4, -0.2) is 57.9 Å². The van der Waals surface area contributed by atoms with E-state index in [4.69, 9.17) is 19.7 Å². The molecule has 3 atom stereocenters. The largest absolute Gasteiger partial charge is 0.391 e. The second-order valence-electron chi connectivity index (χ2n) is 3.16. The van der Waals surface area contributed by atoms with Crippen LogP contribution in [0.2, 0.25) is 0 Å². The Morgan fingerprint density at radius 3 is 2.31 bits per heavy atom. The van der Waals surface area contributed by atoms with Gasteiger partial charge in [0.2, 0.25) is 11.6 Å². The van der Waals surface area contributed by atoms with Gasteiger partial charge in [0.15, 0.2) is 0 Å². The van der Waals surface area contributed by atoms with Gasteiger partial charge in [-0.1, -0.05) is 0 Å². The zero-order chi connectivity index (χ0) is 10.1. The first-order valence-corrected chi connectivity index (χ1v) is 3.94. The number of ether oxygens (including phenoxy) is 2. The Hall–Kier alpha value is -0.240. The third-order valence-corrected chi connectivity index (χ3v) is 2.05. The van der Waals surface area contributed by atoms with E-state index in [0.717, 1.165) is 0 Å². The Morgan fingerprint density at radius 2 is 1.92 bits per heavy atom. The van der Waals surface area contributed by atoms with E-state index in [-0.39, 0.29) is 6.61 Å². The monoisotopic (exact) mass is 194 g/mol. The molecule has 0 saturated carbocycles. The maximum absolute atomic E-state index is 9.49. The van der Waals surface area contributed by atoms with E-state index >= 15 is 0 Å². The van der Waals surface area contributed by atoms with E-state index in [1.807, 2.05) is 0 Å². The highest BCUT2D eigenvalue weighted by atomic mass is 16.7. The van der Waals surface area contributed by atoms with E-state index in [1.54, 1.807) is 0 Å². The summed E-state index contributed by atoms with van der Waals surface area (Å²) in [5, 5.41) is 36.4. The standard InChI is InChI=1S/C7H14O6/c1-5-7(11,3-9)12-4-6(10,2-8)13-5/h5,8-11H,2-4H2,1H3. The summed E-state index contributed by atoms with van der Waals surface area (Å²) in [4.78, 5) is 0. The van der Waals surface area contributed by atoms with E-state index in [2.05, 4.69) is 0 Å². The summed E-state index contributed by atoms with van der Waals surface area (Å²) in [6, 6.07) is 0. The van der Waals surface area contributed by atoms with Crippen LogP contribution in [0.25, 0.3) is 0 Å². The third-order valence-electron chi connectivity index (χ3n) is 2.05. The molecule has 0 aliphatic carbocycles. The van der Waals surface area contributed by atoms with Gasteiger partial charge in [-0.2, -0.15) is 0 Å². The zero-order valence-electron chi connectivity index (χ0n) is 7.30. The van der Waals surface area contributed by atoms with Crippen LogP contribution in [0.4, 0.5) is 0 Å². The lowest BCUT2D eigenvalue weighted by atomic mass is 10.1. The summed E-state index contributed by atoms with van der Waals surface area (Å²) in [6.45, 7) is -0.213. The highest BCUT2D eigenvalue weighted by Crippen LogP contribution is 2.27. The molecule has 4 N–H and O–H groups in total. The second-order valence-corrected chi connectivity index (χ2v) is 3.16. The molecule has 0 bridgehead atoms. The average Bonchev–Trinajstić information content (AvgIpc) is 2.13. The highest BCUT2D eigenvalue weighted by Gasteiger charge is 2.47. The smallest absolute Gasteiger partial charge is 0.216 e. The molecule has 0 amide bonds. The molecule has 0 aromatic heterocycles. The predicted molar refractivity (Wildman–Crippen MR) is 40.6 cm³/mol. The van der Waals surface area contributed by atoms with Crippen LogP contribution < -0.4 is 0 Å². The molecule has 6 nitrogen and oxygen atoms in total. The Bertz CT molecular complexity index is 186. The van der Waals surface area contributed by atoms with Crippen LogP contribution in [0.15, 0.2) is 0 Å². The van der Waals surface area contributed by atoms with Gasteiger partial charge in [0.25, 0.3) is 0 Å². The second kappa shape index (κ2) is 3.49. The summed E-state index contributed by atoms with van der Waals surface area (Å²) >= 11 is 0. The lowest BCUT2D eigenvalue weighted by molar-refractivity contribution is -0.403. The molecule has 0 aromatic rings. The maximum atomic E-state index is 9.49. The fourth-order valence-electron chi connectivity index (χ4n) is 1.07. The molecule has 0 spiro atoms. The minimum absolute atomic E-state index is 0.384. The number of hydrogen-bond acceptors (Lipinski definition) is 6. The van der Waals surface area contributed by atoms with Crippen LogP contribution in [-0.2, 0) is 9.47 Å². The van der Waals surface area contributed by atoms with Crippen molar-refractivity contribution in [3.8, 4) is 0 Å². The van der Waals surface area contributed by atoms with Crippen molar-refractivity contribution in [2.45, 2.75) is 24.6 Å². The van der Waals surface area contributed by atoms with Gasteiger partial charge in [-0.15, -0.1) is 0 Å². The summed E-state index contributed by atoms with van der Waals surface area (Å²) < 4.78 is 9.70. The van der Waals surface area contributed by atoms with E-state index in [0.29, 0.717) is 0 Å². The van der Waals surface area contributed by atoms with E-state index in [9.17, 15) is 10.2 Å². The topological polar surface area (TPSA) is 99.4 Å². The minimum Gasteiger partial charge on any atom is -0.391 e. The fourth-order valence-corrected chi connectivity index (χ4v) is 1.07. The third kappa shape index (κ3) is 1.98. The lowest BCUT2D eigenvalue weighted by Crippen LogP contribution is -2.61. The van der Waals surface area contributed by atoms with Gasteiger partial charge in [-0.25, -0.2) is 0 Å². The Morgan fingerprint density at radius 1 is 1.31 bits per heavy atom. The molecular weight excluding hydrogens is 180 g/mol. The molecular formula is C7H14O6. The molecule has 1 heterocycles. The fraction of sp³-hybridized carbons (Fsp3) is 1.00. The summed E-state index contributed by atoms with van der Waals surface area (Å²) in [5.41, 5.74) is 0. The van der Waals surface area contributed by atoms with Crippen LogP contribution in [0, 0.1) is 0 Å². The van der Waals surface area contributed by atoms with E-state index in [1.165, 1.54) is 6.92 Å². The predicted octanol–water partition coefficient (Wildman–Crippen LogP) is -2.22. The first kappa shape index (κ1) is 10.8. The van der Waals surface area contributed by atoms with Gasteiger partial charge >= 0.3 is 0 Å². The zero-order valence-corrected chi connectivity index (χ0v) is 7.30. The molecule has 1 fully saturated rings. The summed E-state index contributed by atoms with van der Waals surface area (Å²) in [6.07, 6.45) is -0.914. The first-order chi connectivity index (χ1) is 5.96. The molecule has 1 rings (SSSR count). The molecule has 1 aliphatic heterocycles. The van der Waals surface area contributed by atoms with Crippen molar-refractivity contribution >= 4 is 0 Å². The van der Waals surface area contributed by atoms with Gasteiger partial charge in [0.1, 0.15) is 12.7 Å². The van der Waals surface area contributed by atoms with Crippen molar-refractivity contribution in [3.05, 3.63) is 0 Å². The maximum Gasteiger partial charge on any atom is 0.216 e. The number of aliphatic hydroxyl groups is 4. The minimum atomic E-state index is -1.80. The molecule has 1 aliphatic rings. The molecule has 3 unspecified atom stereocenters. The van der Waals surface area contributed by atoms with Crippen LogP contribution >= 0.6 is 0 Å². The van der Waals surface area contributed by atoms with Gasteiger partial charge in [0.05, 0.1) is 13.2 Å². The van der Waals surface area contributed by atoms with Crippen LogP contribution in [0.1, 0.15) is 6.92 Å². The SMILES string of the molecule is CC1OC(O)(CO)COC1(O)CO. The Balaban J connectivity index is 2.66. The molecule has 78 valence electrons. The summed E-state index contributed by atoms with van der Waals surface area (Å²) in [7, 11) is 0. The normalized spacial score (nSPS) is 46.4. The number of rotatable bonds is 2. The average molecular weight is 194 g/mol. The molecule has 0 aromatic carbocycles. The number of aliphatic hydroxyl groups excluding tert-OH is 2. The number of hydrogen-bond donors (Lipinski definition) is 4. The Kier molecular flexibility index (Phi) is 2.91. The summed E-state index contributed by atoms with van der Waals surface area (Å²) in [5.74, 6) is -3.60. The van der Waals surface area contributed by atoms with Crippen LogP contribution in [0.5, 0.6) is 0 Å². The molecule has 13 heavy (non-hydrogen) atoms. The van der Waals surface area contributed by atoms with Crippen molar-refractivity contribution in [1.82, 2.24) is 0 Å². The van der Waals surface area contributed by atoms with Gasteiger partial charge in [-0.3, -0.25) is 0 Å². The van der Waals surface area contributed by atoms with Crippen molar-refractivity contribution in [2.75, 3.05) is 19.8 Å². The van der Waals surface area contributed by atoms with Crippen molar-refractivity contribution in [1.29, 1.82) is 0 Å². The van der Waals surface area contributed by atoms with E-state index < -0.39 is 30.9 Å². The first-order valence-electron chi connectivity index (χ1n) is 3.94.